The highest BCUT2D eigenvalue weighted by molar-refractivity contribution is 14.0. The number of ether oxygens (including phenoxy) is 1. The Labute approximate surface area is 141 Å². The standard InChI is InChI=1S/C15H31N3O.HI/c1-4-13-6-8-14(9-7-13)12-18-15(16-3)17-10-11-19-5-2;/h13-14H,4-12H2,1-3H3,(H2,16,17,18);1H. The summed E-state index contributed by atoms with van der Waals surface area (Å²) in [6, 6.07) is 0. The van der Waals surface area contributed by atoms with Crippen LogP contribution in [0.5, 0.6) is 0 Å². The Morgan fingerprint density at radius 1 is 1.10 bits per heavy atom. The molecule has 0 spiro atoms. The van der Waals surface area contributed by atoms with Crippen molar-refractivity contribution in [2.45, 2.75) is 46.0 Å². The van der Waals surface area contributed by atoms with Crippen molar-refractivity contribution in [2.24, 2.45) is 16.8 Å². The van der Waals surface area contributed by atoms with Gasteiger partial charge in [-0.3, -0.25) is 4.99 Å². The van der Waals surface area contributed by atoms with Crippen LogP contribution < -0.4 is 10.6 Å². The molecule has 20 heavy (non-hydrogen) atoms. The van der Waals surface area contributed by atoms with Crippen molar-refractivity contribution in [3.8, 4) is 0 Å². The third-order valence-corrected chi connectivity index (χ3v) is 4.07. The number of nitrogens with one attached hydrogen (secondary N) is 2. The largest absolute Gasteiger partial charge is 0.380 e. The van der Waals surface area contributed by atoms with E-state index in [0.717, 1.165) is 44.1 Å². The van der Waals surface area contributed by atoms with Crippen molar-refractivity contribution < 1.29 is 4.74 Å². The van der Waals surface area contributed by atoms with E-state index in [1.165, 1.54) is 32.1 Å². The van der Waals surface area contributed by atoms with E-state index in [2.05, 4.69) is 22.5 Å². The third kappa shape index (κ3) is 8.29. The first-order valence-corrected chi connectivity index (χ1v) is 7.82. The fourth-order valence-corrected chi connectivity index (χ4v) is 2.69. The lowest BCUT2D eigenvalue weighted by atomic mass is 9.81. The zero-order chi connectivity index (χ0) is 13.9. The number of halogens is 1. The average Bonchev–Trinajstić information content (AvgIpc) is 2.47. The lowest BCUT2D eigenvalue weighted by molar-refractivity contribution is 0.152. The van der Waals surface area contributed by atoms with Crippen LogP contribution in [0.3, 0.4) is 0 Å². The van der Waals surface area contributed by atoms with E-state index in [1.54, 1.807) is 0 Å². The van der Waals surface area contributed by atoms with E-state index in [9.17, 15) is 0 Å². The van der Waals surface area contributed by atoms with Crippen LogP contribution in [-0.2, 0) is 4.74 Å². The number of nitrogens with zero attached hydrogens (tertiary/aromatic N) is 1. The van der Waals surface area contributed by atoms with Gasteiger partial charge in [-0.1, -0.05) is 26.2 Å². The molecule has 2 N–H and O–H groups in total. The van der Waals surface area contributed by atoms with E-state index in [4.69, 9.17) is 4.74 Å². The maximum atomic E-state index is 5.30. The van der Waals surface area contributed by atoms with Gasteiger partial charge in [0.15, 0.2) is 5.96 Å². The van der Waals surface area contributed by atoms with E-state index >= 15 is 0 Å². The van der Waals surface area contributed by atoms with E-state index < -0.39 is 0 Å². The summed E-state index contributed by atoms with van der Waals surface area (Å²) in [5, 5.41) is 6.71. The Morgan fingerprint density at radius 2 is 1.75 bits per heavy atom. The highest BCUT2D eigenvalue weighted by Crippen LogP contribution is 2.29. The van der Waals surface area contributed by atoms with Crippen LogP contribution in [0, 0.1) is 11.8 Å². The van der Waals surface area contributed by atoms with Gasteiger partial charge in [0.2, 0.25) is 0 Å². The first-order chi connectivity index (χ1) is 9.30. The van der Waals surface area contributed by atoms with Gasteiger partial charge in [-0.25, -0.2) is 0 Å². The molecule has 1 aliphatic rings. The van der Waals surface area contributed by atoms with Crippen LogP contribution in [0.25, 0.3) is 0 Å². The predicted octanol–water partition coefficient (Wildman–Crippen LogP) is 3.02. The highest BCUT2D eigenvalue weighted by atomic mass is 127. The second kappa shape index (κ2) is 12.7. The Kier molecular flexibility index (Phi) is 12.7. The molecule has 0 bridgehead atoms. The fraction of sp³-hybridized carbons (Fsp3) is 0.933. The molecular weight excluding hydrogens is 365 g/mol. The minimum absolute atomic E-state index is 0. The Hall–Kier alpha value is -0.0400. The number of guanidine groups is 1. The molecule has 4 nitrogen and oxygen atoms in total. The minimum Gasteiger partial charge on any atom is -0.380 e. The summed E-state index contributed by atoms with van der Waals surface area (Å²) in [6.45, 7) is 7.70. The van der Waals surface area contributed by atoms with Gasteiger partial charge >= 0.3 is 0 Å². The maximum Gasteiger partial charge on any atom is 0.191 e. The van der Waals surface area contributed by atoms with Gasteiger partial charge in [-0.15, -0.1) is 24.0 Å². The van der Waals surface area contributed by atoms with Crippen LogP contribution in [0.4, 0.5) is 0 Å². The Bertz CT molecular complexity index is 254. The molecular formula is C15H32IN3O. The van der Waals surface area contributed by atoms with Crippen molar-refractivity contribution in [1.82, 2.24) is 10.6 Å². The SMILES string of the molecule is CCOCCNC(=NC)NCC1CCC(CC)CC1.I. The topological polar surface area (TPSA) is 45.6 Å². The maximum absolute atomic E-state index is 5.30. The first-order valence-electron chi connectivity index (χ1n) is 7.82. The molecule has 0 amide bonds. The van der Waals surface area contributed by atoms with Gasteiger partial charge in [0.25, 0.3) is 0 Å². The van der Waals surface area contributed by atoms with Crippen molar-refractivity contribution in [1.29, 1.82) is 0 Å². The summed E-state index contributed by atoms with van der Waals surface area (Å²) in [5.74, 6) is 2.69. The molecule has 120 valence electrons. The number of hydrogen-bond donors (Lipinski definition) is 2. The summed E-state index contributed by atoms with van der Waals surface area (Å²) in [7, 11) is 1.82. The van der Waals surface area contributed by atoms with Gasteiger partial charge in [-0.2, -0.15) is 0 Å². The monoisotopic (exact) mass is 397 g/mol. The number of hydrogen-bond acceptors (Lipinski definition) is 2. The Morgan fingerprint density at radius 3 is 2.30 bits per heavy atom. The molecule has 0 aliphatic heterocycles. The summed E-state index contributed by atoms with van der Waals surface area (Å²) < 4.78 is 5.30. The molecule has 0 aromatic carbocycles. The summed E-state index contributed by atoms with van der Waals surface area (Å²) in [4.78, 5) is 4.24. The quantitative estimate of drug-likeness (QED) is 0.301. The summed E-state index contributed by atoms with van der Waals surface area (Å²) >= 11 is 0. The average molecular weight is 397 g/mol. The molecule has 0 radical (unpaired) electrons. The lowest BCUT2D eigenvalue weighted by Gasteiger charge is -2.28. The van der Waals surface area contributed by atoms with Crippen molar-refractivity contribution >= 4 is 29.9 Å². The van der Waals surface area contributed by atoms with Crippen LogP contribution in [0.15, 0.2) is 4.99 Å². The van der Waals surface area contributed by atoms with Crippen LogP contribution in [-0.4, -0.2) is 39.3 Å². The van der Waals surface area contributed by atoms with Gasteiger partial charge < -0.3 is 15.4 Å². The second-order valence-electron chi connectivity index (χ2n) is 5.37. The molecule has 1 saturated carbocycles. The first kappa shape index (κ1) is 20.0. The highest BCUT2D eigenvalue weighted by Gasteiger charge is 2.19. The normalized spacial score (nSPS) is 23.1. The van der Waals surface area contributed by atoms with Gasteiger partial charge in [-0.05, 0) is 31.6 Å². The number of rotatable bonds is 7. The van der Waals surface area contributed by atoms with E-state index in [1.807, 2.05) is 14.0 Å². The van der Waals surface area contributed by atoms with Crippen molar-refractivity contribution in [2.75, 3.05) is 33.4 Å². The second-order valence-corrected chi connectivity index (χ2v) is 5.37. The molecule has 0 heterocycles. The molecule has 0 atom stereocenters. The fourth-order valence-electron chi connectivity index (χ4n) is 2.69. The van der Waals surface area contributed by atoms with Gasteiger partial charge in [0.1, 0.15) is 0 Å². The van der Waals surface area contributed by atoms with Crippen LogP contribution in [0.1, 0.15) is 46.0 Å². The predicted molar refractivity (Wildman–Crippen MR) is 97.0 cm³/mol. The summed E-state index contributed by atoms with van der Waals surface area (Å²) in [5.41, 5.74) is 0. The van der Waals surface area contributed by atoms with Crippen molar-refractivity contribution in [3.63, 3.8) is 0 Å². The zero-order valence-electron chi connectivity index (χ0n) is 13.3. The lowest BCUT2D eigenvalue weighted by Crippen LogP contribution is -2.41. The molecule has 0 saturated heterocycles. The molecule has 0 aromatic heterocycles. The van der Waals surface area contributed by atoms with Gasteiger partial charge in [0.05, 0.1) is 6.61 Å². The summed E-state index contributed by atoms with van der Waals surface area (Å²) in [6.07, 6.45) is 6.88. The van der Waals surface area contributed by atoms with Crippen molar-refractivity contribution in [3.05, 3.63) is 0 Å². The molecule has 1 fully saturated rings. The molecule has 0 unspecified atom stereocenters. The minimum atomic E-state index is 0. The van der Waals surface area contributed by atoms with Gasteiger partial charge in [0, 0.05) is 26.7 Å². The molecule has 0 aromatic rings. The third-order valence-electron chi connectivity index (χ3n) is 4.07. The molecule has 5 heteroatoms. The Balaban J connectivity index is 0.00000361. The number of aliphatic imine (C=N–C) groups is 1. The zero-order valence-corrected chi connectivity index (χ0v) is 15.6. The smallest absolute Gasteiger partial charge is 0.191 e. The van der Waals surface area contributed by atoms with Crippen LogP contribution >= 0.6 is 24.0 Å². The van der Waals surface area contributed by atoms with E-state index in [-0.39, 0.29) is 24.0 Å². The molecule has 1 aliphatic carbocycles. The van der Waals surface area contributed by atoms with Crippen LogP contribution in [0.2, 0.25) is 0 Å². The molecule has 1 rings (SSSR count). The van der Waals surface area contributed by atoms with E-state index in [0.29, 0.717) is 0 Å².